The van der Waals surface area contributed by atoms with Crippen LogP contribution in [0.3, 0.4) is 0 Å². The van der Waals surface area contributed by atoms with Gasteiger partial charge in [-0.05, 0) is 45.4 Å². The minimum absolute atomic E-state index is 0.0365. The molecular formula is C19H21F2N3O2. The lowest BCUT2D eigenvalue weighted by Crippen LogP contribution is -2.04. The Balaban J connectivity index is 2.16. The third kappa shape index (κ3) is 3.21. The van der Waals surface area contributed by atoms with Crippen LogP contribution < -0.4 is 9.47 Å². The minimum atomic E-state index is -2.89. The van der Waals surface area contributed by atoms with E-state index in [4.69, 9.17) is 14.7 Å². The lowest BCUT2D eigenvalue weighted by molar-refractivity contribution is -0.0499. The number of aromatic nitrogens is 3. The van der Waals surface area contributed by atoms with Gasteiger partial charge in [0.2, 0.25) is 0 Å². The van der Waals surface area contributed by atoms with Crippen molar-refractivity contribution in [3.63, 3.8) is 0 Å². The van der Waals surface area contributed by atoms with E-state index in [1.165, 1.54) is 19.2 Å². The fourth-order valence-electron chi connectivity index (χ4n) is 2.98. The van der Waals surface area contributed by atoms with Gasteiger partial charge in [0.05, 0.1) is 18.5 Å². The van der Waals surface area contributed by atoms with Gasteiger partial charge in [-0.25, -0.2) is 9.97 Å². The molecule has 0 unspecified atom stereocenters. The van der Waals surface area contributed by atoms with Crippen molar-refractivity contribution in [2.75, 3.05) is 7.11 Å². The molecule has 0 radical (unpaired) electrons. The average Bonchev–Trinajstić information content (AvgIpc) is 2.90. The second-order valence-corrected chi connectivity index (χ2v) is 6.38. The smallest absolute Gasteiger partial charge is 0.387 e. The third-order valence-electron chi connectivity index (χ3n) is 4.21. The Bertz CT molecular complexity index is 952. The van der Waals surface area contributed by atoms with Gasteiger partial charge in [-0.15, -0.1) is 0 Å². The normalized spacial score (nSPS) is 11.6. The van der Waals surface area contributed by atoms with Gasteiger partial charge < -0.3 is 14.0 Å². The van der Waals surface area contributed by atoms with Gasteiger partial charge in [0.1, 0.15) is 17.0 Å². The van der Waals surface area contributed by atoms with Gasteiger partial charge in [-0.3, -0.25) is 0 Å². The standard InChI is InChI=1S/C19H21F2N3O2/c1-10(2)24-9-11(3)16-18(24)22-12(4)17(23-16)14-7-6-13(26-19(20)21)8-15(14)25-5/h6-10,19H,1-5H3. The molecule has 0 saturated heterocycles. The van der Waals surface area contributed by atoms with E-state index in [-0.39, 0.29) is 11.8 Å². The minimum Gasteiger partial charge on any atom is -0.496 e. The molecule has 2 aromatic heterocycles. The first-order valence-electron chi connectivity index (χ1n) is 8.30. The topological polar surface area (TPSA) is 49.2 Å². The summed E-state index contributed by atoms with van der Waals surface area (Å²) in [4.78, 5) is 9.53. The largest absolute Gasteiger partial charge is 0.496 e. The number of nitrogens with zero attached hydrogens (tertiary/aromatic N) is 3. The fourth-order valence-corrected chi connectivity index (χ4v) is 2.98. The molecular weight excluding hydrogens is 340 g/mol. The summed E-state index contributed by atoms with van der Waals surface area (Å²) in [6, 6.07) is 4.83. The summed E-state index contributed by atoms with van der Waals surface area (Å²) in [6.45, 7) is 5.16. The zero-order valence-corrected chi connectivity index (χ0v) is 15.4. The number of benzene rings is 1. The van der Waals surface area contributed by atoms with Crippen molar-refractivity contribution in [1.82, 2.24) is 14.5 Å². The highest BCUT2D eigenvalue weighted by atomic mass is 19.3. The highest BCUT2D eigenvalue weighted by molar-refractivity contribution is 5.81. The Labute approximate surface area is 150 Å². The summed E-state index contributed by atoms with van der Waals surface area (Å²) in [6.07, 6.45) is 2.04. The van der Waals surface area contributed by atoms with Crippen LogP contribution in [0.15, 0.2) is 24.4 Å². The van der Waals surface area contributed by atoms with Crippen molar-refractivity contribution >= 4 is 11.2 Å². The predicted octanol–water partition coefficient (Wildman–Crippen LogP) is 4.91. The van der Waals surface area contributed by atoms with Crippen LogP contribution >= 0.6 is 0 Å². The highest BCUT2D eigenvalue weighted by Gasteiger charge is 2.18. The molecule has 1 aromatic carbocycles. The molecule has 0 saturated carbocycles. The van der Waals surface area contributed by atoms with Gasteiger partial charge in [-0.1, -0.05) is 0 Å². The lowest BCUT2D eigenvalue weighted by Gasteiger charge is -2.13. The van der Waals surface area contributed by atoms with Crippen molar-refractivity contribution in [3.8, 4) is 22.8 Å². The summed E-state index contributed by atoms with van der Waals surface area (Å²) in [5, 5.41) is 0. The van der Waals surface area contributed by atoms with E-state index >= 15 is 0 Å². The van der Waals surface area contributed by atoms with Gasteiger partial charge in [0, 0.05) is 23.9 Å². The molecule has 0 aliphatic carbocycles. The molecule has 5 nitrogen and oxygen atoms in total. The van der Waals surface area contributed by atoms with Crippen molar-refractivity contribution in [2.24, 2.45) is 0 Å². The molecule has 138 valence electrons. The molecule has 0 atom stereocenters. The van der Waals surface area contributed by atoms with Crippen LogP contribution in [0, 0.1) is 13.8 Å². The molecule has 0 bridgehead atoms. The first-order chi connectivity index (χ1) is 12.3. The van der Waals surface area contributed by atoms with Gasteiger partial charge in [0.15, 0.2) is 5.65 Å². The summed E-state index contributed by atoms with van der Waals surface area (Å²) >= 11 is 0. The van der Waals surface area contributed by atoms with Crippen LogP contribution in [-0.4, -0.2) is 28.3 Å². The summed E-state index contributed by atoms with van der Waals surface area (Å²) in [7, 11) is 1.48. The van der Waals surface area contributed by atoms with Crippen LogP contribution in [0.1, 0.15) is 31.1 Å². The summed E-state index contributed by atoms with van der Waals surface area (Å²) in [5.74, 6) is 0.440. The van der Waals surface area contributed by atoms with Crippen LogP contribution in [0.5, 0.6) is 11.5 Å². The number of fused-ring (bicyclic) bond motifs is 1. The first-order valence-corrected chi connectivity index (χ1v) is 8.30. The number of ether oxygens (including phenoxy) is 2. The quantitative estimate of drug-likeness (QED) is 0.648. The molecule has 3 rings (SSSR count). The predicted molar refractivity (Wildman–Crippen MR) is 96.0 cm³/mol. The molecule has 0 aliphatic rings. The maximum atomic E-state index is 12.4. The van der Waals surface area contributed by atoms with E-state index in [2.05, 4.69) is 23.2 Å². The van der Waals surface area contributed by atoms with Crippen LogP contribution in [-0.2, 0) is 0 Å². The molecule has 26 heavy (non-hydrogen) atoms. The number of halogens is 2. The lowest BCUT2D eigenvalue weighted by atomic mass is 10.1. The number of hydrogen-bond donors (Lipinski definition) is 0. The number of aryl methyl sites for hydroxylation is 2. The second kappa shape index (κ2) is 6.90. The van der Waals surface area contributed by atoms with E-state index in [0.717, 1.165) is 22.4 Å². The van der Waals surface area contributed by atoms with Gasteiger partial charge in [0.25, 0.3) is 0 Å². The summed E-state index contributed by atoms with van der Waals surface area (Å²) in [5.41, 5.74) is 4.74. The van der Waals surface area contributed by atoms with E-state index in [1.54, 1.807) is 6.07 Å². The Morgan fingerprint density at radius 1 is 1.12 bits per heavy atom. The van der Waals surface area contributed by atoms with Crippen molar-refractivity contribution < 1.29 is 18.3 Å². The fraction of sp³-hybridized carbons (Fsp3) is 0.368. The molecule has 0 N–H and O–H groups in total. The Morgan fingerprint density at radius 2 is 1.85 bits per heavy atom. The third-order valence-corrected chi connectivity index (χ3v) is 4.21. The maximum Gasteiger partial charge on any atom is 0.387 e. The van der Waals surface area contributed by atoms with Crippen molar-refractivity contribution in [3.05, 3.63) is 35.7 Å². The second-order valence-electron chi connectivity index (χ2n) is 6.38. The monoisotopic (exact) mass is 361 g/mol. The Morgan fingerprint density at radius 3 is 2.46 bits per heavy atom. The molecule has 2 heterocycles. The number of methoxy groups -OCH3 is 1. The van der Waals surface area contributed by atoms with Gasteiger partial charge in [-0.2, -0.15) is 8.78 Å². The summed E-state index contributed by atoms with van der Waals surface area (Å²) < 4.78 is 36.8. The Kier molecular flexibility index (Phi) is 4.80. The zero-order valence-electron chi connectivity index (χ0n) is 15.4. The number of hydrogen-bond acceptors (Lipinski definition) is 4. The highest BCUT2D eigenvalue weighted by Crippen LogP contribution is 2.35. The average molecular weight is 361 g/mol. The molecule has 7 heteroatoms. The molecule has 3 aromatic rings. The van der Waals surface area contributed by atoms with Crippen molar-refractivity contribution in [2.45, 2.75) is 40.3 Å². The first kappa shape index (κ1) is 18.1. The van der Waals surface area contributed by atoms with Gasteiger partial charge >= 0.3 is 6.61 Å². The Hall–Kier alpha value is -2.70. The molecule has 0 fully saturated rings. The van der Waals surface area contributed by atoms with E-state index < -0.39 is 6.61 Å². The zero-order chi connectivity index (χ0) is 19.0. The van der Waals surface area contributed by atoms with E-state index in [0.29, 0.717) is 17.0 Å². The van der Waals surface area contributed by atoms with Crippen LogP contribution in [0.4, 0.5) is 8.78 Å². The number of rotatable bonds is 5. The van der Waals surface area contributed by atoms with Crippen LogP contribution in [0.25, 0.3) is 22.4 Å². The van der Waals surface area contributed by atoms with Crippen molar-refractivity contribution in [1.29, 1.82) is 0 Å². The molecule has 0 amide bonds. The number of alkyl halides is 2. The molecule has 0 spiro atoms. The maximum absolute atomic E-state index is 12.4. The van der Waals surface area contributed by atoms with E-state index in [1.807, 2.05) is 20.0 Å². The SMILES string of the molecule is COc1cc(OC(F)F)ccc1-c1nc2c(C)cn(C(C)C)c2nc1C. The molecule has 0 aliphatic heterocycles. The van der Waals surface area contributed by atoms with E-state index in [9.17, 15) is 8.78 Å². The van der Waals surface area contributed by atoms with Crippen LogP contribution in [0.2, 0.25) is 0 Å².